The molecule has 2 amide bonds. The average Bonchev–Trinajstić information content (AvgIpc) is 3.03. The zero-order valence-electron chi connectivity index (χ0n) is 15.3. The van der Waals surface area contributed by atoms with Crippen LogP contribution < -0.4 is 5.32 Å². The van der Waals surface area contributed by atoms with E-state index in [2.05, 4.69) is 10.3 Å². The van der Waals surface area contributed by atoms with E-state index in [0.29, 0.717) is 18.9 Å². The standard InChI is InChI=1S/C18H28N4O3/c1-21-11-10-19-17(21)16-14(8-9-15(23)22(16)2)18(24)20-12-4-6-13(25-3)7-5-12/h10-14,16H,4-9H2,1-3H3,(H,20,24)/t12?,13?,14-,16-/m0/s1. The summed E-state index contributed by atoms with van der Waals surface area (Å²) >= 11 is 0. The van der Waals surface area contributed by atoms with Crippen LogP contribution in [0.25, 0.3) is 0 Å². The summed E-state index contributed by atoms with van der Waals surface area (Å²) in [6.07, 6.45) is 8.70. The number of hydrogen-bond acceptors (Lipinski definition) is 4. The van der Waals surface area contributed by atoms with Crippen LogP contribution in [-0.4, -0.2) is 52.6 Å². The fraction of sp³-hybridized carbons (Fsp3) is 0.722. The van der Waals surface area contributed by atoms with E-state index in [1.807, 2.05) is 17.8 Å². The number of hydrogen-bond donors (Lipinski definition) is 1. The first-order valence-corrected chi connectivity index (χ1v) is 9.07. The second-order valence-corrected chi connectivity index (χ2v) is 7.21. The molecule has 7 nitrogen and oxygen atoms in total. The molecule has 7 heteroatoms. The molecule has 1 saturated heterocycles. The molecule has 3 rings (SSSR count). The quantitative estimate of drug-likeness (QED) is 0.892. The Morgan fingerprint density at radius 2 is 1.96 bits per heavy atom. The van der Waals surface area contributed by atoms with E-state index in [1.54, 1.807) is 25.3 Å². The average molecular weight is 348 g/mol. The summed E-state index contributed by atoms with van der Waals surface area (Å²) in [4.78, 5) is 31.2. The van der Waals surface area contributed by atoms with Gasteiger partial charge >= 0.3 is 0 Å². The normalized spacial score (nSPS) is 30.4. The van der Waals surface area contributed by atoms with Crippen molar-refractivity contribution < 1.29 is 14.3 Å². The molecule has 2 aliphatic rings. The highest BCUT2D eigenvalue weighted by atomic mass is 16.5. The maximum atomic E-state index is 13.0. The Labute approximate surface area is 148 Å². The predicted octanol–water partition coefficient (Wildman–Crippen LogP) is 1.40. The number of carbonyl (C=O) groups excluding carboxylic acids is 2. The van der Waals surface area contributed by atoms with E-state index < -0.39 is 0 Å². The highest BCUT2D eigenvalue weighted by Crippen LogP contribution is 2.35. The number of imidazole rings is 1. The van der Waals surface area contributed by atoms with Crippen molar-refractivity contribution in [3.8, 4) is 0 Å². The second kappa shape index (κ2) is 7.56. The van der Waals surface area contributed by atoms with E-state index in [1.165, 1.54) is 0 Å². The first-order chi connectivity index (χ1) is 12.0. The van der Waals surface area contributed by atoms with Crippen molar-refractivity contribution in [2.75, 3.05) is 14.2 Å². The van der Waals surface area contributed by atoms with E-state index in [9.17, 15) is 9.59 Å². The third kappa shape index (κ3) is 3.71. The molecule has 1 aromatic rings. The molecule has 1 aliphatic carbocycles. The number of amides is 2. The Bertz CT molecular complexity index is 622. The lowest BCUT2D eigenvalue weighted by Crippen LogP contribution is -2.49. The van der Waals surface area contributed by atoms with Crippen LogP contribution in [0.5, 0.6) is 0 Å². The van der Waals surface area contributed by atoms with Gasteiger partial charge in [0.25, 0.3) is 0 Å². The number of carbonyl (C=O) groups is 2. The first-order valence-electron chi connectivity index (χ1n) is 9.07. The molecule has 0 aromatic carbocycles. The van der Waals surface area contributed by atoms with Gasteiger partial charge in [0.2, 0.25) is 11.8 Å². The summed E-state index contributed by atoms with van der Waals surface area (Å²) in [6.45, 7) is 0. The molecule has 0 unspecified atom stereocenters. The van der Waals surface area contributed by atoms with Crippen LogP contribution in [-0.2, 0) is 21.4 Å². The summed E-state index contributed by atoms with van der Waals surface area (Å²) in [5.74, 6) is 0.605. The third-order valence-corrected chi connectivity index (χ3v) is 5.67. The molecule has 1 aliphatic heterocycles. The van der Waals surface area contributed by atoms with Crippen LogP contribution in [0.4, 0.5) is 0 Å². The minimum atomic E-state index is -0.309. The molecule has 2 atom stereocenters. The highest BCUT2D eigenvalue weighted by molar-refractivity contribution is 5.84. The van der Waals surface area contributed by atoms with Crippen molar-refractivity contribution in [3.05, 3.63) is 18.2 Å². The number of nitrogens with zero attached hydrogens (tertiary/aromatic N) is 3. The molecular formula is C18H28N4O3. The summed E-state index contributed by atoms with van der Waals surface area (Å²) in [6, 6.07) is -0.111. The maximum Gasteiger partial charge on any atom is 0.225 e. The number of aromatic nitrogens is 2. The largest absolute Gasteiger partial charge is 0.381 e. The van der Waals surface area contributed by atoms with Gasteiger partial charge < -0.3 is 19.5 Å². The molecule has 1 N–H and O–H groups in total. The topological polar surface area (TPSA) is 76.5 Å². The second-order valence-electron chi connectivity index (χ2n) is 7.21. The Hall–Kier alpha value is -1.89. The summed E-state index contributed by atoms with van der Waals surface area (Å²) in [5, 5.41) is 3.21. The molecule has 0 radical (unpaired) electrons. The van der Waals surface area contributed by atoms with Gasteiger partial charge in [-0.25, -0.2) is 4.98 Å². The Kier molecular flexibility index (Phi) is 5.42. The van der Waals surface area contributed by atoms with Gasteiger partial charge in [-0.1, -0.05) is 0 Å². The smallest absolute Gasteiger partial charge is 0.225 e. The number of ether oxygens (including phenoxy) is 1. The van der Waals surface area contributed by atoms with Gasteiger partial charge in [-0.3, -0.25) is 9.59 Å². The monoisotopic (exact) mass is 348 g/mol. The van der Waals surface area contributed by atoms with Crippen molar-refractivity contribution in [2.24, 2.45) is 13.0 Å². The molecule has 0 spiro atoms. The number of nitrogens with one attached hydrogen (secondary N) is 1. The lowest BCUT2D eigenvalue weighted by Gasteiger charge is -2.38. The highest BCUT2D eigenvalue weighted by Gasteiger charge is 2.41. The van der Waals surface area contributed by atoms with Gasteiger partial charge in [-0.15, -0.1) is 0 Å². The fourth-order valence-electron chi connectivity index (χ4n) is 4.08. The van der Waals surface area contributed by atoms with Crippen LogP contribution in [0.1, 0.15) is 50.4 Å². The number of methoxy groups -OCH3 is 1. The van der Waals surface area contributed by atoms with Crippen molar-refractivity contribution in [1.29, 1.82) is 0 Å². The summed E-state index contributed by atoms with van der Waals surface area (Å²) < 4.78 is 7.29. The van der Waals surface area contributed by atoms with E-state index in [4.69, 9.17) is 4.74 Å². The zero-order valence-corrected chi connectivity index (χ0v) is 15.3. The van der Waals surface area contributed by atoms with Gasteiger partial charge in [0.1, 0.15) is 11.9 Å². The van der Waals surface area contributed by atoms with Crippen LogP contribution in [0.3, 0.4) is 0 Å². The Morgan fingerprint density at radius 1 is 1.24 bits per heavy atom. The number of likely N-dealkylation sites (tertiary alicyclic amines) is 1. The van der Waals surface area contributed by atoms with Crippen molar-refractivity contribution >= 4 is 11.8 Å². The fourth-order valence-corrected chi connectivity index (χ4v) is 4.08. The Balaban J connectivity index is 1.71. The molecular weight excluding hydrogens is 320 g/mol. The third-order valence-electron chi connectivity index (χ3n) is 5.67. The molecule has 0 bridgehead atoms. The van der Waals surface area contributed by atoms with E-state index in [0.717, 1.165) is 31.5 Å². The molecule has 1 aromatic heterocycles. The molecule has 138 valence electrons. The molecule has 2 heterocycles. The number of aryl methyl sites for hydroxylation is 1. The van der Waals surface area contributed by atoms with E-state index in [-0.39, 0.29) is 29.8 Å². The SMILES string of the molecule is COC1CCC(NC(=O)[C@H]2CCC(=O)N(C)[C@@H]2c2nccn2C)CC1. The van der Waals surface area contributed by atoms with Crippen molar-refractivity contribution in [2.45, 2.75) is 56.7 Å². The van der Waals surface area contributed by atoms with Crippen LogP contribution in [0, 0.1) is 5.92 Å². The van der Waals surface area contributed by atoms with Crippen LogP contribution >= 0.6 is 0 Å². The molecule has 2 fully saturated rings. The zero-order chi connectivity index (χ0) is 18.0. The van der Waals surface area contributed by atoms with Gasteiger partial charge in [0, 0.05) is 46.1 Å². The van der Waals surface area contributed by atoms with Gasteiger partial charge in [0.15, 0.2) is 0 Å². The Morgan fingerprint density at radius 3 is 2.56 bits per heavy atom. The van der Waals surface area contributed by atoms with Gasteiger partial charge in [-0.2, -0.15) is 0 Å². The minimum absolute atomic E-state index is 0.0354. The number of rotatable bonds is 4. The lowest BCUT2D eigenvalue weighted by atomic mass is 9.86. The number of piperidine rings is 1. The van der Waals surface area contributed by atoms with E-state index >= 15 is 0 Å². The van der Waals surface area contributed by atoms with Crippen molar-refractivity contribution in [3.63, 3.8) is 0 Å². The van der Waals surface area contributed by atoms with Crippen LogP contribution in [0.15, 0.2) is 12.4 Å². The van der Waals surface area contributed by atoms with Gasteiger partial charge in [-0.05, 0) is 32.1 Å². The summed E-state index contributed by atoms with van der Waals surface area (Å²) in [5.41, 5.74) is 0. The van der Waals surface area contributed by atoms with Crippen molar-refractivity contribution in [1.82, 2.24) is 19.8 Å². The molecule has 25 heavy (non-hydrogen) atoms. The molecule has 1 saturated carbocycles. The van der Waals surface area contributed by atoms with Gasteiger partial charge in [0.05, 0.1) is 12.0 Å². The lowest BCUT2D eigenvalue weighted by molar-refractivity contribution is -0.142. The maximum absolute atomic E-state index is 13.0. The predicted molar refractivity (Wildman–Crippen MR) is 92.6 cm³/mol. The first kappa shape index (κ1) is 17.9. The summed E-state index contributed by atoms with van der Waals surface area (Å²) in [7, 11) is 5.41. The minimum Gasteiger partial charge on any atom is -0.381 e. The van der Waals surface area contributed by atoms with Crippen LogP contribution in [0.2, 0.25) is 0 Å².